The Morgan fingerprint density at radius 2 is 2.28 bits per heavy atom. The molecule has 1 aromatic rings. The molecule has 1 aromatic heterocycles. The highest BCUT2D eigenvalue weighted by Gasteiger charge is 2.34. The highest BCUT2D eigenvalue weighted by molar-refractivity contribution is 7.11. The first-order valence-corrected chi connectivity index (χ1v) is 5.97. The molecule has 0 saturated carbocycles. The predicted octanol–water partition coefficient (Wildman–Crippen LogP) is 1.03. The molecule has 0 radical (unpaired) electrons. The van der Waals surface area contributed by atoms with Crippen molar-refractivity contribution in [1.82, 2.24) is 10.2 Å². The minimum absolute atomic E-state index is 0.104. The number of carbonyl (C=O) groups is 3. The third kappa shape index (κ3) is 2.25. The second-order valence-corrected chi connectivity index (χ2v) is 4.69. The summed E-state index contributed by atoms with van der Waals surface area (Å²) in [5, 5.41) is 12.8. The summed E-state index contributed by atoms with van der Waals surface area (Å²) in [6.07, 6.45) is 1.56. The van der Waals surface area contributed by atoms with E-state index in [9.17, 15) is 14.4 Å². The van der Waals surface area contributed by atoms with Crippen molar-refractivity contribution < 1.29 is 19.5 Å². The number of rotatable bonds is 3. The van der Waals surface area contributed by atoms with Crippen LogP contribution in [-0.4, -0.2) is 34.5 Å². The number of nitrogens with zero attached hydrogens (tertiary/aromatic N) is 1. The summed E-state index contributed by atoms with van der Waals surface area (Å²) in [5.74, 6) is -1.85. The lowest BCUT2D eigenvalue weighted by atomic mass is 10.2. The summed E-state index contributed by atoms with van der Waals surface area (Å²) in [4.78, 5) is 35.3. The zero-order chi connectivity index (χ0) is 13.3. The smallest absolute Gasteiger partial charge is 0.329 e. The zero-order valence-corrected chi connectivity index (χ0v) is 10.3. The van der Waals surface area contributed by atoms with Gasteiger partial charge in [-0.3, -0.25) is 9.59 Å². The number of carboxylic acid groups (broad SMARTS) is 1. The molecule has 18 heavy (non-hydrogen) atoms. The van der Waals surface area contributed by atoms with Crippen molar-refractivity contribution in [3.8, 4) is 0 Å². The molecule has 0 bridgehead atoms. The molecule has 0 aliphatic carbocycles. The van der Waals surface area contributed by atoms with Gasteiger partial charge in [-0.1, -0.05) is 0 Å². The molecule has 0 aromatic carbocycles. The molecule has 0 atom stereocenters. The van der Waals surface area contributed by atoms with Crippen LogP contribution >= 0.6 is 11.3 Å². The Labute approximate surface area is 107 Å². The van der Waals surface area contributed by atoms with E-state index in [0.29, 0.717) is 4.90 Å². The second-order valence-electron chi connectivity index (χ2n) is 3.74. The number of aliphatic carboxylic acids is 1. The minimum Gasteiger partial charge on any atom is -0.480 e. The van der Waals surface area contributed by atoms with Crippen molar-refractivity contribution in [1.29, 1.82) is 0 Å². The monoisotopic (exact) mass is 266 g/mol. The van der Waals surface area contributed by atoms with Gasteiger partial charge in [-0.05, 0) is 30.0 Å². The predicted molar refractivity (Wildman–Crippen MR) is 64.9 cm³/mol. The third-order valence-corrected chi connectivity index (χ3v) is 3.40. The molecule has 2 rings (SSSR count). The largest absolute Gasteiger partial charge is 0.480 e. The number of urea groups is 1. The molecule has 0 spiro atoms. The molecule has 1 aliphatic rings. The molecular weight excluding hydrogens is 256 g/mol. The Morgan fingerprint density at radius 1 is 1.56 bits per heavy atom. The lowest BCUT2D eigenvalue weighted by Gasteiger charge is -2.06. The van der Waals surface area contributed by atoms with Crippen LogP contribution in [0.3, 0.4) is 0 Å². The molecule has 6 nitrogen and oxygen atoms in total. The molecule has 2 N–H and O–H groups in total. The first kappa shape index (κ1) is 12.3. The van der Waals surface area contributed by atoms with Crippen molar-refractivity contribution in [2.75, 3.05) is 6.54 Å². The zero-order valence-electron chi connectivity index (χ0n) is 9.47. The van der Waals surface area contributed by atoms with Gasteiger partial charge >= 0.3 is 12.0 Å². The number of thiophene rings is 1. The topological polar surface area (TPSA) is 86.7 Å². The number of carboxylic acids is 1. The van der Waals surface area contributed by atoms with Crippen LogP contribution in [0.15, 0.2) is 17.1 Å². The van der Waals surface area contributed by atoms with E-state index in [1.54, 1.807) is 6.08 Å². The van der Waals surface area contributed by atoms with Crippen LogP contribution in [0.5, 0.6) is 0 Å². The van der Waals surface area contributed by atoms with Crippen LogP contribution in [0.1, 0.15) is 10.4 Å². The number of hydrogen-bond donors (Lipinski definition) is 2. The van der Waals surface area contributed by atoms with Crippen molar-refractivity contribution in [3.05, 3.63) is 27.6 Å². The SMILES string of the molecule is Cc1ccsc1/C=C1/NC(=O)N(CC(=O)O)C1=O. The van der Waals surface area contributed by atoms with Crippen molar-refractivity contribution in [2.24, 2.45) is 0 Å². The average molecular weight is 266 g/mol. The summed E-state index contributed by atoms with van der Waals surface area (Å²) in [6, 6.07) is 1.19. The number of carbonyl (C=O) groups excluding carboxylic acids is 2. The quantitative estimate of drug-likeness (QED) is 0.632. The van der Waals surface area contributed by atoms with Gasteiger partial charge in [0.25, 0.3) is 5.91 Å². The molecule has 1 saturated heterocycles. The Morgan fingerprint density at radius 3 is 2.83 bits per heavy atom. The molecular formula is C11H10N2O4S. The summed E-state index contributed by atoms with van der Waals surface area (Å²) >= 11 is 1.44. The molecule has 7 heteroatoms. The molecule has 3 amide bonds. The van der Waals surface area contributed by atoms with E-state index in [0.717, 1.165) is 10.4 Å². The average Bonchev–Trinajstić information content (AvgIpc) is 2.79. The summed E-state index contributed by atoms with van der Waals surface area (Å²) in [6.45, 7) is 1.25. The fourth-order valence-corrected chi connectivity index (χ4v) is 2.37. The number of hydrogen-bond acceptors (Lipinski definition) is 4. The Bertz CT molecular complexity index is 561. The van der Waals surface area contributed by atoms with Gasteiger partial charge in [0, 0.05) is 4.88 Å². The molecule has 1 aliphatic heterocycles. The normalized spacial score (nSPS) is 17.4. The van der Waals surface area contributed by atoms with Crippen LogP contribution in [0, 0.1) is 6.92 Å². The molecule has 2 heterocycles. The number of amides is 3. The summed E-state index contributed by atoms with van der Waals surface area (Å²) < 4.78 is 0. The molecule has 1 fully saturated rings. The fraction of sp³-hybridized carbons (Fsp3) is 0.182. The first-order valence-electron chi connectivity index (χ1n) is 5.09. The summed E-state index contributed by atoms with van der Waals surface area (Å²) in [5.41, 5.74) is 1.10. The maximum absolute atomic E-state index is 11.8. The number of nitrogens with one attached hydrogen (secondary N) is 1. The van der Waals surface area contributed by atoms with Gasteiger partial charge in [0.15, 0.2) is 0 Å². The third-order valence-electron chi connectivity index (χ3n) is 2.43. The minimum atomic E-state index is -1.23. The van der Waals surface area contributed by atoms with E-state index in [1.165, 1.54) is 11.3 Å². The first-order chi connectivity index (χ1) is 8.49. The highest BCUT2D eigenvalue weighted by Crippen LogP contribution is 2.21. The lowest BCUT2D eigenvalue weighted by molar-refractivity contribution is -0.140. The van der Waals surface area contributed by atoms with E-state index in [4.69, 9.17) is 5.11 Å². The van der Waals surface area contributed by atoms with Gasteiger partial charge in [-0.2, -0.15) is 0 Å². The Balaban J connectivity index is 2.25. The van der Waals surface area contributed by atoms with Crippen LogP contribution in [0.25, 0.3) is 6.08 Å². The van der Waals surface area contributed by atoms with Gasteiger partial charge in [0.2, 0.25) is 0 Å². The van der Waals surface area contributed by atoms with Gasteiger partial charge in [0.1, 0.15) is 12.2 Å². The van der Waals surface area contributed by atoms with E-state index >= 15 is 0 Å². The van der Waals surface area contributed by atoms with Gasteiger partial charge in [-0.15, -0.1) is 11.3 Å². The number of imide groups is 1. The maximum atomic E-state index is 11.8. The van der Waals surface area contributed by atoms with Crippen LogP contribution < -0.4 is 5.32 Å². The van der Waals surface area contributed by atoms with E-state index in [1.807, 2.05) is 18.4 Å². The fourth-order valence-electron chi connectivity index (χ4n) is 1.51. The lowest BCUT2D eigenvalue weighted by Crippen LogP contribution is -2.35. The summed E-state index contributed by atoms with van der Waals surface area (Å²) in [7, 11) is 0. The van der Waals surface area contributed by atoms with Crippen molar-refractivity contribution in [2.45, 2.75) is 6.92 Å². The number of aryl methyl sites for hydroxylation is 1. The second kappa shape index (κ2) is 4.61. The van der Waals surface area contributed by atoms with E-state index in [-0.39, 0.29) is 5.70 Å². The van der Waals surface area contributed by atoms with Crippen molar-refractivity contribution >= 4 is 35.3 Å². The van der Waals surface area contributed by atoms with Gasteiger partial charge in [-0.25, -0.2) is 9.69 Å². The van der Waals surface area contributed by atoms with Crippen LogP contribution in [-0.2, 0) is 9.59 Å². The van der Waals surface area contributed by atoms with E-state index < -0.39 is 24.5 Å². The van der Waals surface area contributed by atoms with E-state index in [2.05, 4.69) is 5.32 Å². The standard InChI is InChI=1S/C11H10N2O4S/c1-6-2-3-18-8(6)4-7-10(16)13(5-9(14)15)11(17)12-7/h2-4H,5H2,1H3,(H,12,17)(H,14,15)/b7-4+. The molecule has 94 valence electrons. The Kier molecular flexibility index (Phi) is 3.15. The van der Waals surface area contributed by atoms with Crippen LogP contribution in [0.2, 0.25) is 0 Å². The maximum Gasteiger partial charge on any atom is 0.329 e. The van der Waals surface area contributed by atoms with Crippen molar-refractivity contribution in [3.63, 3.8) is 0 Å². The highest BCUT2D eigenvalue weighted by atomic mass is 32.1. The Hall–Kier alpha value is -2.15. The van der Waals surface area contributed by atoms with Crippen LogP contribution in [0.4, 0.5) is 4.79 Å². The van der Waals surface area contributed by atoms with Gasteiger partial charge in [0.05, 0.1) is 0 Å². The van der Waals surface area contributed by atoms with Gasteiger partial charge < -0.3 is 10.4 Å². The molecule has 0 unspecified atom stereocenters.